The van der Waals surface area contributed by atoms with E-state index in [9.17, 15) is 8.42 Å². The summed E-state index contributed by atoms with van der Waals surface area (Å²) < 4.78 is 33.0. The van der Waals surface area contributed by atoms with Gasteiger partial charge in [-0.2, -0.15) is 4.31 Å². The van der Waals surface area contributed by atoms with Gasteiger partial charge in [-0.15, -0.1) is 12.4 Å². The van der Waals surface area contributed by atoms with E-state index in [1.54, 1.807) is 28.6 Å². The van der Waals surface area contributed by atoms with Gasteiger partial charge in [-0.05, 0) is 56.0 Å². The SMILES string of the molecule is CC(C)COc1ccc(S(=O)(=O)N2CCCCC2CCN)cc1.Cl. The van der Waals surface area contributed by atoms with Gasteiger partial charge < -0.3 is 10.5 Å². The van der Waals surface area contributed by atoms with Crippen LogP contribution in [0.3, 0.4) is 0 Å². The van der Waals surface area contributed by atoms with E-state index in [-0.39, 0.29) is 18.4 Å². The van der Waals surface area contributed by atoms with E-state index in [2.05, 4.69) is 13.8 Å². The molecule has 0 saturated carbocycles. The van der Waals surface area contributed by atoms with E-state index in [4.69, 9.17) is 10.5 Å². The minimum absolute atomic E-state index is 0. The highest BCUT2D eigenvalue weighted by atomic mass is 35.5. The molecule has 7 heteroatoms. The Morgan fingerprint density at radius 2 is 1.92 bits per heavy atom. The van der Waals surface area contributed by atoms with E-state index < -0.39 is 10.0 Å². The van der Waals surface area contributed by atoms with Crippen LogP contribution in [0.5, 0.6) is 5.75 Å². The van der Waals surface area contributed by atoms with Crippen molar-refractivity contribution in [3.8, 4) is 5.75 Å². The predicted octanol–water partition coefficient (Wildman–Crippen LogP) is 3.04. The highest BCUT2D eigenvalue weighted by Crippen LogP contribution is 2.27. The highest BCUT2D eigenvalue weighted by molar-refractivity contribution is 7.89. The lowest BCUT2D eigenvalue weighted by atomic mass is 10.0. The number of nitrogens with zero attached hydrogens (tertiary/aromatic N) is 1. The number of sulfonamides is 1. The number of rotatable bonds is 7. The molecule has 2 rings (SSSR count). The molecule has 5 nitrogen and oxygen atoms in total. The first-order valence-corrected chi connectivity index (χ1v) is 9.84. The van der Waals surface area contributed by atoms with Gasteiger partial charge in [0.2, 0.25) is 10.0 Å². The molecule has 0 amide bonds. The molecule has 1 atom stereocenters. The monoisotopic (exact) mass is 376 g/mol. The molecular formula is C17H29ClN2O3S. The summed E-state index contributed by atoms with van der Waals surface area (Å²) in [6, 6.07) is 6.77. The molecule has 0 spiro atoms. The van der Waals surface area contributed by atoms with Crippen LogP contribution >= 0.6 is 12.4 Å². The fraction of sp³-hybridized carbons (Fsp3) is 0.647. The quantitative estimate of drug-likeness (QED) is 0.793. The van der Waals surface area contributed by atoms with Crippen molar-refractivity contribution in [2.45, 2.75) is 50.5 Å². The molecule has 1 aromatic rings. The van der Waals surface area contributed by atoms with Crippen molar-refractivity contribution >= 4 is 22.4 Å². The van der Waals surface area contributed by atoms with Crippen LogP contribution in [-0.2, 0) is 10.0 Å². The minimum Gasteiger partial charge on any atom is -0.493 e. The maximum absolute atomic E-state index is 12.9. The number of benzene rings is 1. The zero-order valence-corrected chi connectivity index (χ0v) is 16.1. The molecule has 2 N–H and O–H groups in total. The standard InChI is InChI=1S/C17H28N2O3S.ClH/c1-14(2)13-22-16-6-8-17(9-7-16)23(20,21)19-12-4-3-5-15(19)10-11-18;/h6-9,14-15H,3-5,10-13,18H2,1-2H3;1H. The first-order chi connectivity index (χ1) is 10.9. The first-order valence-electron chi connectivity index (χ1n) is 8.40. The molecule has 0 aromatic heterocycles. The lowest BCUT2D eigenvalue weighted by molar-refractivity contribution is 0.243. The van der Waals surface area contributed by atoms with E-state index in [0.717, 1.165) is 25.7 Å². The van der Waals surface area contributed by atoms with E-state index in [1.165, 1.54) is 0 Å². The molecule has 1 unspecified atom stereocenters. The number of hydrogen-bond acceptors (Lipinski definition) is 4. The number of nitrogens with two attached hydrogens (primary N) is 1. The molecule has 1 saturated heterocycles. The Morgan fingerprint density at radius 1 is 1.25 bits per heavy atom. The van der Waals surface area contributed by atoms with Crippen LogP contribution < -0.4 is 10.5 Å². The lowest BCUT2D eigenvalue weighted by Crippen LogP contribution is -2.44. The summed E-state index contributed by atoms with van der Waals surface area (Å²) in [4.78, 5) is 0.332. The van der Waals surface area contributed by atoms with Gasteiger partial charge in [0.15, 0.2) is 0 Å². The Morgan fingerprint density at radius 3 is 2.50 bits per heavy atom. The Balaban J connectivity index is 0.00000288. The lowest BCUT2D eigenvalue weighted by Gasteiger charge is -2.34. The van der Waals surface area contributed by atoms with Gasteiger partial charge >= 0.3 is 0 Å². The van der Waals surface area contributed by atoms with E-state index in [0.29, 0.717) is 36.3 Å². The Kier molecular flexibility index (Phi) is 8.50. The Labute approximate surface area is 152 Å². The van der Waals surface area contributed by atoms with Crippen molar-refractivity contribution in [3.63, 3.8) is 0 Å². The Hall–Kier alpha value is -0.820. The summed E-state index contributed by atoms with van der Waals surface area (Å²) in [5.41, 5.74) is 5.64. The zero-order chi connectivity index (χ0) is 16.9. The average Bonchev–Trinajstić information content (AvgIpc) is 2.54. The Bertz CT molecular complexity index is 588. The minimum atomic E-state index is -3.46. The van der Waals surface area contributed by atoms with Gasteiger partial charge in [0.05, 0.1) is 11.5 Å². The van der Waals surface area contributed by atoms with Gasteiger partial charge in [0, 0.05) is 12.6 Å². The van der Waals surface area contributed by atoms with Crippen molar-refractivity contribution in [2.75, 3.05) is 19.7 Å². The fourth-order valence-corrected chi connectivity index (χ4v) is 4.60. The van der Waals surface area contributed by atoms with Crippen molar-refractivity contribution < 1.29 is 13.2 Å². The fourth-order valence-electron chi connectivity index (χ4n) is 2.88. The second kappa shape index (κ2) is 9.61. The van der Waals surface area contributed by atoms with Crippen molar-refractivity contribution in [3.05, 3.63) is 24.3 Å². The topological polar surface area (TPSA) is 72.6 Å². The summed E-state index contributed by atoms with van der Waals surface area (Å²) in [5, 5.41) is 0. The van der Waals surface area contributed by atoms with Gasteiger partial charge in [-0.25, -0.2) is 8.42 Å². The summed E-state index contributed by atoms with van der Waals surface area (Å²) in [7, 11) is -3.46. The third-order valence-electron chi connectivity index (χ3n) is 4.09. The van der Waals surface area contributed by atoms with Crippen molar-refractivity contribution in [2.24, 2.45) is 11.7 Å². The van der Waals surface area contributed by atoms with Gasteiger partial charge in [0.25, 0.3) is 0 Å². The maximum atomic E-state index is 12.9. The second-order valence-corrected chi connectivity index (χ2v) is 8.41. The summed E-state index contributed by atoms with van der Waals surface area (Å²) in [6.07, 6.45) is 3.59. The second-order valence-electron chi connectivity index (χ2n) is 6.52. The molecule has 1 aliphatic heterocycles. The maximum Gasteiger partial charge on any atom is 0.243 e. The molecule has 24 heavy (non-hydrogen) atoms. The largest absolute Gasteiger partial charge is 0.493 e. The summed E-state index contributed by atoms with van der Waals surface area (Å²) >= 11 is 0. The summed E-state index contributed by atoms with van der Waals surface area (Å²) in [6.45, 7) is 5.87. The molecular weight excluding hydrogens is 348 g/mol. The van der Waals surface area contributed by atoms with Crippen LogP contribution in [0.15, 0.2) is 29.2 Å². The molecule has 1 aliphatic rings. The van der Waals surface area contributed by atoms with Crippen LogP contribution in [0, 0.1) is 5.92 Å². The smallest absolute Gasteiger partial charge is 0.243 e. The molecule has 0 radical (unpaired) electrons. The van der Waals surface area contributed by atoms with Crippen molar-refractivity contribution in [1.82, 2.24) is 4.31 Å². The van der Waals surface area contributed by atoms with E-state index in [1.807, 2.05) is 0 Å². The van der Waals surface area contributed by atoms with Gasteiger partial charge in [-0.3, -0.25) is 0 Å². The van der Waals surface area contributed by atoms with Crippen molar-refractivity contribution in [1.29, 1.82) is 0 Å². The van der Waals surface area contributed by atoms with Crippen LogP contribution in [0.1, 0.15) is 39.5 Å². The number of halogens is 1. The number of hydrogen-bond donors (Lipinski definition) is 1. The first kappa shape index (κ1) is 21.2. The van der Waals surface area contributed by atoms with Gasteiger partial charge in [-0.1, -0.05) is 20.3 Å². The third kappa shape index (κ3) is 5.34. The average molecular weight is 377 g/mol. The predicted molar refractivity (Wildman–Crippen MR) is 99.2 cm³/mol. The van der Waals surface area contributed by atoms with Crippen LogP contribution in [0.4, 0.5) is 0 Å². The highest BCUT2D eigenvalue weighted by Gasteiger charge is 2.32. The van der Waals surface area contributed by atoms with Crippen LogP contribution in [0.2, 0.25) is 0 Å². The molecule has 138 valence electrons. The molecule has 1 aromatic carbocycles. The molecule has 1 fully saturated rings. The zero-order valence-electron chi connectivity index (χ0n) is 14.5. The van der Waals surface area contributed by atoms with Crippen LogP contribution in [-0.4, -0.2) is 38.5 Å². The van der Waals surface area contributed by atoms with E-state index >= 15 is 0 Å². The molecule has 0 bridgehead atoms. The summed E-state index contributed by atoms with van der Waals surface area (Å²) in [5.74, 6) is 1.14. The molecule has 0 aliphatic carbocycles. The molecule has 1 heterocycles. The number of piperidine rings is 1. The normalized spacial score (nSPS) is 19.1. The van der Waals surface area contributed by atoms with Crippen LogP contribution in [0.25, 0.3) is 0 Å². The third-order valence-corrected chi connectivity index (χ3v) is 6.05. The van der Waals surface area contributed by atoms with Gasteiger partial charge in [0.1, 0.15) is 5.75 Å². The number of ether oxygens (including phenoxy) is 1.